The summed E-state index contributed by atoms with van der Waals surface area (Å²) in [5.41, 5.74) is 0. The summed E-state index contributed by atoms with van der Waals surface area (Å²) in [4.78, 5) is 0. The van der Waals surface area contributed by atoms with Crippen molar-refractivity contribution in [1.82, 2.24) is 5.32 Å². The van der Waals surface area contributed by atoms with Gasteiger partial charge in [-0.15, -0.1) is 0 Å². The fraction of sp³-hybridized carbons (Fsp3) is 1.00. The largest absolute Gasteiger partial charge is 0.313 e. The van der Waals surface area contributed by atoms with E-state index in [1.807, 2.05) is 0 Å². The third-order valence-corrected chi connectivity index (χ3v) is 3.35. The Morgan fingerprint density at radius 1 is 1.42 bits per heavy atom. The molecule has 1 saturated carbocycles. The van der Waals surface area contributed by atoms with E-state index < -0.39 is 0 Å². The van der Waals surface area contributed by atoms with Gasteiger partial charge in [-0.2, -0.15) is 11.8 Å². The maximum atomic E-state index is 3.65. The van der Waals surface area contributed by atoms with Crippen molar-refractivity contribution < 1.29 is 0 Å². The van der Waals surface area contributed by atoms with E-state index >= 15 is 0 Å². The first-order valence-corrected chi connectivity index (χ1v) is 6.35. The van der Waals surface area contributed by atoms with Crippen LogP contribution < -0.4 is 5.32 Å². The van der Waals surface area contributed by atoms with Crippen LogP contribution in [0.2, 0.25) is 0 Å². The lowest BCUT2D eigenvalue weighted by molar-refractivity contribution is 0.503. The molecule has 1 fully saturated rings. The second-order valence-corrected chi connectivity index (χ2v) is 4.88. The maximum Gasteiger partial charge on any atom is 0.0186 e. The average molecular weight is 187 g/mol. The monoisotopic (exact) mass is 187 g/mol. The van der Waals surface area contributed by atoms with E-state index in [0.29, 0.717) is 0 Å². The molecular weight excluding hydrogens is 166 g/mol. The highest BCUT2D eigenvalue weighted by atomic mass is 32.2. The van der Waals surface area contributed by atoms with Crippen molar-refractivity contribution in [2.24, 2.45) is 5.92 Å². The van der Waals surface area contributed by atoms with Gasteiger partial charge in [-0.25, -0.2) is 0 Å². The van der Waals surface area contributed by atoms with Crippen molar-refractivity contribution >= 4 is 11.8 Å². The van der Waals surface area contributed by atoms with E-state index in [4.69, 9.17) is 0 Å². The summed E-state index contributed by atoms with van der Waals surface area (Å²) in [6, 6.07) is 0.815. The van der Waals surface area contributed by atoms with Gasteiger partial charge in [-0.3, -0.25) is 0 Å². The van der Waals surface area contributed by atoms with E-state index in [-0.39, 0.29) is 0 Å². The first-order chi connectivity index (χ1) is 5.88. The summed E-state index contributed by atoms with van der Waals surface area (Å²) < 4.78 is 0. The molecule has 0 saturated heterocycles. The van der Waals surface area contributed by atoms with Crippen LogP contribution in [0, 0.1) is 5.92 Å². The fourth-order valence-electron chi connectivity index (χ4n) is 1.43. The maximum absolute atomic E-state index is 3.65. The van der Waals surface area contributed by atoms with Crippen LogP contribution in [-0.2, 0) is 0 Å². The molecule has 0 aromatic carbocycles. The summed E-state index contributed by atoms with van der Waals surface area (Å²) in [6.45, 7) is 5.68. The molecule has 1 aliphatic rings. The Labute approximate surface area is 80.7 Å². The Kier molecular flexibility index (Phi) is 5.08. The van der Waals surface area contributed by atoms with Crippen molar-refractivity contribution in [3.8, 4) is 0 Å². The first-order valence-electron chi connectivity index (χ1n) is 5.19. The highest BCUT2D eigenvalue weighted by molar-refractivity contribution is 7.99. The Balaban J connectivity index is 2.09. The molecule has 0 spiro atoms. The van der Waals surface area contributed by atoms with Crippen LogP contribution in [0.15, 0.2) is 0 Å². The molecule has 0 aromatic heterocycles. The Morgan fingerprint density at radius 3 is 2.67 bits per heavy atom. The third kappa shape index (κ3) is 3.81. The highest BCUT2D eigenvalue weighted by Gasteiger charge is 2.30. The minimum absolute atomic E-state index is 0.815. The smallest absolute Gasteiger partial charge is 0.0186 e. The number of nitrogens with one attached hydrogen (secondary N) is 1. The Morgan fingerprint density at radius 2 is 2.17 bits per heavy atom. The van der Waals surface area contributed by atoms with Crippen molar-refractivity contribution in [2.45, 2.75) is 39.2 Å². The summed E-state index contributed by atoms with van der Waals surface area (Å²) in [5, 5.41) is 3.65. The van der Waals surface area contributed by atoms with E-state index in [1.165, 1.54) is 37.3 Å². The lowest BCUT2D eigenvalue weighted by atomic mass is 10.2. The normalized spacial score (nSPS) is 19.5. The molecule has 1 unspecified atom stereocenters. The van der Waals surface area contributed by atoms with E-state index in [1.54, 1.807) is 0 Å². The molecule has 0 heterocycles. The second kappa shape index (κ2) is 5.87. The van der Waals surface area contributed by atoms with Gasteiger partial charge in [0, 0.05) is 11.8 Å². The van der Waals surface area contributed by atoms with Crippen LogP contribution in [0.5, 0.6) is 0 Å². The molecule has 0 aliphatic heterocycles. The number of rotatable bonds is 7. The van der Waals surface area contributed by atoms with Gasteiger partial charge in [0.1, 0.15) is 0 Å². The van der Waals surface area contributed by atoms with Crippen LogP contribution in [0.4, 0.5) is 0 Å². The summed E-state index contributed by atoms with van der Waals surface area (Å²) in [7, 11) is 0. The lowest BCUT2D eigenvalue weighted by Gasteiger charge is -2.16. The van der Waals surface area contributed by atoms with Crippen molar-refractivity contribution in [2.75, 3.05) is 18.1 Å². The van der Waals surface area contributed by atoms with Gasteiger partial charge in [-0.05, 0) is 37.5 Å². The van der Waals surface area contributed by atoms with Gasteiger partial charge in [0.15, 0.2) is 0 Å². The minimum atomic E-state index is 0.815. The predicted molar refractivity (Wildman–Crippen MR) is 57.8 cm³/mol. The SMILES string of the molecule is CCCNC(CSCC)C1CC1. The van der Waals surface area contributed by atoms with Crippen LogP contribution in [0.25, 0.3) is 0 Å². The average Bonchev–Trinajstić information content (AvgIpc) is 2.88. The van der Waals surface area contributed by atoms with Gasteiger partial charge in [0.2, 0.25) is 0 Å². The van der Waals surface area contributed by atoms with Crippen molar-refractivity contribution in [3.63, 3.8) is 0 Å². The molecule has 1 N–H and O–H groups in total. The van der Waals surface area contributed by atoms with Gasteiger partial charge in [0.25, 0.3) is 0 Å². The van der Waals surface area contributed by atoms with Crippen molar-refractivity contribution in [3.05, 3.63) is 0 Å². The fourth-order valence-corrected chi connectivity index (χ4v) is 2.31. The number of hydrogen-bond acceptors (Lipinski definition) is 2. The third-order valence-electron chi connectivity index (χ3n) is 2.35. The van der Waals surface area contributed by atoms with Crippen LogP contribution >= 0.6 is 11.8 Å². The molecule has 0 amide bonds. The van der Waals surface area contributed by atoms with Gasteiger partial charge >= 0.3 is 0 Å². The number of thioether (sulfide) groups is 1. The zero-order valence-electron chi connectivity index (χ0n) is 8.31. The summed E-state index contributed by atoms with van der Waals surface area (Å²) in [5.74, 6) is 3.59. The molecule has 0 aromatic rings. The van der Waals surface area contributed by atoms with Gasteiger partial charge in [0.05, 0.1) is 0 Å². The zero-order valence-corrected chi connectivity index (χ0v) is 9.12. The van der Waals surface area contributed by atoms with Crippen LogP contribution in [0.3, 0.4) is 0 Å². The molecule has 12 heavy (non-hydrogen) atoms. The van der Waals surface area contributed by atoms with Gasteiger partial charge in [-0.1, -0.05) is 13.8 Å². The van der Waals surface area contributed by atoms with E-state index in [2.05, 4.69) is 30.9 Å². The van der Waals surface area contributed by atoms with Gasteiger partial charge < -0.3 is 5.32 Å². The molecule has 0 radical (unpaired) electrons. The Hall–Kier alpha value is 0.310. The topological polar surface area (TPSA) is 12.0 Å². The first kappa shape index (κ1) is 10.4. The molecule has 2 heteroatoms. The highest BCUT2D eigenvalue weighted by Crippen LogP contribution is 2.33. The molecule has 0 bridgehead atoms. The van der Waals surface area contributed by atoms with Crippen LogP contribution in [0.1, 0.15) is 33.1 Å². The lowest BCUT2D eigenvalue weighted by Crippen LogP contribution is -2.33. The second-order valence-electron chi connectivity index (χ2n) is 3.56. The van der Waals surface area contributed by atoms with E-state index in [9.17, 15) is 0 Å². The standard InChI is InChI=1S/C10H21NS/c1-3-7-11-10(8-12-4-2)9-5-6-9/h9-11H,3-8H2,1-2H3. The minimum Gasteiger partial charge on any atom is -0.313 e. The number of hydrogen-bond donors (Lipinski definition) is 1. The molecule has 1 aliphatic carbocycles. The van der Waals surface area contributed by atoms with Crippen molar-refractivity contribution in [1.29, 1.82) is 0 Å². The van der Waals surface area contributed by atoms with Crippen LogP contribution in [-0.4, -0.2) is 24.1 Å². The predicted octanol–water partition coefficient (Wildman–Crippen LogP) is 2.52. The Bertz CT molecular complexity index is 104. The summed E-state index contributed by atoms with van der Waals surface area (Å²) in [6.07, 6.45) is 4.19. The van der Waals surface area contributed by atoms with E-state index in [0.717, 1.165) is 12.0 Å². The quantitative estimate of drug-likeness (QED) is 0.657. The summed E-state index contributed by atoms with van der Waals surface area (Å²) >= 11 is 2.07. The molecule has 1 atom stereocenters. The molecule has 1 rings (SSSR count). The molecule has 1 nitrogen and oxygen atoms in total. The molecule has 72 valence electrons. The zero-order chi connectivity index (χ0) is 8.81. The molecular formula is C10H21NS.